The number of hydrogen-bond acceptors (Lipinski definition) is 8. The van der Waals surface area contributed by atoms with E-state index < -0.39 is 29.8 Å². The zero-order valence-electron chi connectivity index (χ0n) is 24.4. The Morgan fingerprint density at radius 2 is 1.84 bits per heavy atom. The number of methoxy groups -OCH3 is 1. The Labute approximate surface area is 255 Å². The van der Waals surface area contributed by atoms with E-state index in [9.17, 15) is 24.4 Å². The number of hydroxylamine groups is 2. The van der Waals surface area contributed by atoms with Crippen molar-refractivity contribution in [1.82, 2.24) is 20.7 Å². The minimum Gasteiger partial charge on any atom is -0.497 e. The Kier molecular flexibility index (Phi) is 13.6. The van der Waals surface area contributed by atoms with Gasteiger partial charge in [-0.25, -0.2) is 10.0 Å². The molecule has 12 heteroatoms. The molecule has 3 rings (SSSR count). The number of benzene rings is 2. The standard InChI is InChI=1S/C31H39N5O6S/c1-22(36(41)21-37)26(15-8-12-23-10-4-3-5-11-23)29(39)34-27(30(40)35-31-33-18-19-43-31)16-6-7-17-32-28(38)24-13-9-14-25(20-24)42-2/h3-5,9-11,13-14,18-22,26-27,41H,6-8,12,15-17H2,1-2H3,(H,32,38)(H,34,39)(H,33,35,40)/t22-,26+,27-/m0/s1. The summed E-state index contributed by atoms with van der Waals surface area (Å²) in [6.45, 7) is 1.97. The third-order valence-electron chi connectivity index (χ3n) is 7.10. The van der Waals surface area contributed by atoms with Gasteiger partial charge in [0.2, 0.25) is 18.2 Å². The van der Waals surface area contributed by atoms with Crippen molar-refractivity contribution in [3.63, 3.8) is 0 Å². The Bertz CT molecular complexity index is 1310. The Morgan fingerprint density at radius 1 is 1.05 bits per heavy atom. The molecule has 43 heavy (non-hydrogen) atoms. The van der Waals surface area contributed by atoms with Gasteiger partial charge in [-0.2, -0.15) is 0 Å². The molecule has 0 bridgehead atoms. The van der Waals surface area contributed by atoms with Crippen molar-refractivity contribution in [3.8, 4) is 5.75 Å². The number of ether oxygens (including phenoxy) is 1. The number of amides is 4. The SMILES string of the molecule is COc1cccc(C(=O)NCCCC[C@H](NC(=O)[C@H](CCCc2ccccc2)[C@H](C)N(O)C=O)C(=O)Nc2nccs2)c1. The predicted octanol–water partition coefficient (Wildman–Crippen LogP) is 4.05. The fourth-order valence-electron chi connectivity index (χ4n) is 4.61. The molecule has 2 aromatic carbocycles. The molecule has 0 aliphatic rings. The first-order valence-corrected chi connectivity index (χ1v) is 15.1. The summed E-state index contributed by atoms with van der Waals surface area (Å²) in [5, 5.41) is 21.2. The van der Waals surface area contributed by atoms with Gasteiger partial charge in [0.05, 0.1) is 19.1 Å². The lowest BCUT2D eigenvalue weighted by molar-refractivity contribution is -0.166. The summed E-state index contributed by atoms with van der Waals surface area (Å²) in [5.41, 5.74) is 1.60. The van der Waals surface area contributed by atoms with Crippen LogP contribution in [0.15, 0.2) is 66.2 Å². The maximum atomic E-state index is 13.5. The van der Waals surface area contributed by atoms with E-state index in [2.05, 4.69) is 20.9 Å². The number of rotatable bonds is 18. The van der Waals surface area contributed by atoms with Crippen LogP contribution in [0.2, 0.25) is 0 Å². The zero-order valence-corrected chi connectivity index (χ0v) is 25.2. The third-order valence-corrected chi connectivity index (χ3v) is 7.79. The predicted molar refractivity (Wildman–Crippen MR) is 164 cm³/mol. The van der Waals surface area contributed by atoms with Crippen molar-refractivity contribution >= 4 is 40.6 Å². The molecule has 4 amide bonds. The van der Waals surface area contributed by atoms with Crippen molar-refractivity contribution in [2.75, 3.05) is 19.0 Å². The minimum absolute atomic E-state index is 0.235. The third kappa shape index (κ3) is 10.8. The van der Waals surface area contributed by atoms with E-state index in [0.29, 0.717) is 60.2 Å². The molecule has 0 fully saturated rings. The smallest absolute Gasteiger partial charge is 0.251 e. The van der Waals surface area contributed by atoms with Crippen LogP contribution in [0.3, 0.4) is 0 Å². The van der Waals surface area contributed by atoms with Gasteiger partial charge < -0.3 is 20.7 Å². The van der Waals surface area contributed by atoms with Gasteiger partial charge in [0.25, 0.3) is 5.91 Å². The minimum atomic E-state index is -0.891. The van der Waals surface area contributed by atoms with E-state index in [0.717, 1.165) is 12.0 Å². The lowest BCUT2D eigenvalue weighted by atomic mass is 9.92. The van der Waals surface area contributed by atoms with E-state index in [1.165, 1.54) is 18.4 Å². The van der Waals surface area contributed by atoms with Crippen LogP contribution in [0, 0.1) is 5.92 Å². The number of aromatic nitrogens is 1. The summed E-state index contributed by atoms with van der Waals surface area (Å²) in [4.78, 5) is 54.6. The number of anilines is 1. The van der Waals surface area contributed by atoms with Crippen LogP contribution in [0.4, 0.5) is 5.13 Å². The molecule has 1 heterocycles. The second kappa shape index (κ2) is 17.6. The first kappa shape index (κ1) is 33.2. The van der Waals surface area contributed by atoms with Crippen molar-refractivity contribution in [2.45, 2.75) is 57.5 Å². The maximum absolute atomic E-state index is 13.5. The van der Waals surface area contributed by atoms with Gasteiger partial charge in [0.1, 0.15) is 11.8 Å². The first-order chi connectivity index (χ1) is 20.8. The zero-order chi connectivity index (χ0) is 31.0. The van der Waals surface area contributed by atoms with Gasteiger partial charge in [-0.1, -0.05) is 36.4 Å². The molecular formula is C31H39N5O6S. The number of carbonyl (C=O) groups is 4. The number of unbranched alkanes of at least 4 members (excludes halogenated alkanes) is 1. The quantitative estimate of drug-likeness (QED) is 0.0736. The van der Waals surface area contributed by atoms with E-state index in [1.807, 2.05) is 30.3 Å². The molecule has 3 atom stereocenters. The van der Waals surface area contributed by atoms with Gasteiger partial charge in [-0.05, 0) is 69.2 Å². The molecule has 0 unspecified atom stereocenters. The Balaban J connectivity index is 1.61. The molecule has 0 spiro atoms. The van der Waals surface area contributed by atoms with E-state index in [-0.39, 0.29) is 12.3 Å². The summed E-state index contributed by atoms with van der Waals surface area (Å²) < 4.78 is 5.17. The summed E-state index contributed by atoms with van der Waals surface area (Å²) in [7, 11) is 1.53. The lowest BCUT2D eigenvalue weighted by Crippen LogP contribution is -2.50. The fourth-order valence-corrected chi connectivity index (χ4v) is 5.14. The van der Waals surface area contributed by atoms with Crippen LogP contribution >= 0.6 is 11.3 Å². The average Bonchev–Trinajstić information content (AvgIpc) is 3.55. The van der Waals surface area contributed by atoms with Gasteiger partial charge in [0.15, 0.2) is 5.13 Å². The van der Waals surface area contributed by atoms with E-state index >= 15 is 0 Å². The van der Waals surface area contributed by atoms with Gasteiger partial charge in [-0.15, -0.1) is 11.3 Å². The van der Waals surface area contributed by atoms with Crippen LogP contribution in [0.1, 0.15) is 54.9 Å². The molecule has 0 saturated heterocycles. The molecular weight excluding hydrogens is 570 g/mol. The normalized spacial score (nSPS) is 12.8. The van der Waals surface area contributed by atoms with Crippen LogP contribution in [0.25, 0.3) is 0 Å². The van der Waals surface area contributed by atoms with Crippen molar-refractivity contribution in [3.05, 3.63) is 77.3 Å². The summed E-state index contributed by atoms with van der Waals surface area (Å²) in [6, 6.07) is 15.0. The van der Waals surface area contributed by atoms with Crippen molar-refractivity contribution < 1.29 is 29.1 Å². The number of hydrogen-bond donors (Lipinski definition) is 4. The van der Waals surface area contributed by atoms with Gasteiger partial charge in [0, 0.05) is 23.7 Å². The lowest BCUT2D eigenvalue weighted by Gasteiger charge is -2.29. The molecule has 0 radical (unpaired) electrons. The second-order valence-corrected chi connectivity index (χ2v) is 11.0. The molecule has 1 aromatic heterocycles. The van der Waals surface area contributed by atoms with Crippen molar-refractivity contribution in [2.24, 2.45) is 5.92 Å². The van der Waals surface area contributed by atoms with Crippen LogP contribution in [-0.4, -0.2) is 65.1 Å². The summed E-state index contributed by atoms with van der Waals surface area (Å²) in [6.07, 6.45) is 5.00. The average molecular weight is 610 g/mol. The Hall–Kier alpha value is -4.29. The fraction of sp³-hybridized carbons (Fsp3) is 0.387. The molecule has 230 valence electrons. The highest BCUT2D eigenvalue weighted by Gasteiger charge is 2.31. The monoisotopic (exact) mass is 609 g/mol. The van der Waals surface area contributed by atoms with Gasteiger partial charge >= 0.3 is 0 Å². The highest BCUT2D eigenvalue weighted by Crippen LogP contribution is 2.20. The largest absolute Gasteiger partial charge is 0.497 e. The molecule has 0 aliphatic carbocycles. The maximum Gasteiger partial charge on any atom is 0.251 e. The van der Waals surface area contributed by atoms with Crippen LogP contribution in [-0.2, 0) is 20.8 Å². The topological polar surface area (TPSA) is 150 Å². The number of carbonyl (C=O) groups excluding carboxylic acids is 4. The highest BCUT2D eigenvalue weighted by atomic mass is 32.1. The highest BCUT2D eigenvalue weighted by molar-refractivity contribution is 7.13. The molecule has 4 N–H and O–H groups in total. The van der Waals surface area contributed by atoms with Crippen LogP contribution < -0.4 is 20.7 Å². The molecule has 11 nitrogen and oxygen atoms in total. The molecule has 0 saturated carbocycles. The number of nitrogens with zero attached hydrogens (tertiary/aromatic N) is 2. The molecule has 0 aliphatic heterocycles. The van der Waals surface area contributed by atoms with E-state index in [1.54, 1.807) is 42.8 Å². The summed E-state index contributed by atoms with van der Waals surface area (Å²) >= 11 is 1.26. The number of thiazole rings is 1. The summed E-state index contributed by atoms with van der Waals surface area (Å²) in [5.74, 6) is -1.26. The Morgan fingerprint density at radius 3 is 2.53 bits per heavy atom. The van der Waals surface area contributed by atoms with E-state index in [4.69, 9.17) is 4.74 Å². The van der Waals surface area contributed by atoms with Crippen LogP contribution in [0.5, 0.6) is 5.75 Å². The second-order valence-electron chi connectivity index (χ2n) is 10.1. The number of nitrogens with one attached hydrogen (secondary N) is 3. The number of aryl methyl sites for hydroxylation is 1. The first-order valence-electron chi connectivity index (χ1n) is 14.2. The molecule has 3 aromatic rings. The van der Waals surface area contributed by atoms with Crippen molar-refractivity contribution in [1.29, 1.82) is 0 Å². The van der Waals surface area contributed by atoms with Gasteiger partial charge in [-0.3, -0.25) is 24.4 Å².